The maximum atomic E-state index is 11.1. The van der Waals surface area contributed by atoms with Gasteiger partial charge in [0.25, 0.3) is 3.12 Å². The van der Waals surface area contributed by atoms with Crippen molar-refractivity contribution < 1.29 is 4.79 Å². The van der Waals surface area contributed by atoms with E-state index in [2.05, 4.69) is 0 Å². The summed E-state index contributed by atoms with van der Waals surface area (Å²) in [6.07, 6.45) is 0. The van der Waals surface area contributed by atoms with Crippen molar-refractivity contribution in [1.82, 2.24) is 0 Å². The highest BCUT2D eigenvalue weighted by atomic mass is 35.6. The van der Waals surface area contributed by atoms with Crippen LogP contribution >= 0.6 is 46.8 Å². The molecule has 0 aliphatic carbocycles. The van der Waals surface area contributed by atoms with Crippen molar-refractivity contribution in [1.29, 1.82) is 0 Å². The fourth-order valence-electron chi connectivity index (χ4n) is 0.892. The van der Waals surface area contributed by atoms with E-state index in [1.807, 2.05) is 6.07 Å². The predicted octanol–water partition coefficient (Wildman–Crippen LogP) is 3.55. The fraction of sp³-hybridized carbons (Fsp3) is 0.125. The number of nitrogens with zero attached hydrogens (tertiary/aromatic N) is 1. The summed E-state index contributed by atoms with van der Waals surface area (Å²) >= 11 is 17.4. The molecule has 0 aliphatic rings. The molecular formula is C8H7Cl3N2OS. The van der Waals surface area contributed by atoms with Gasteiger partial charge in [0, 0.05) is 11.9 Å². The highest BCUT2D eigenvalue weighted by Gasteiger charge is 2.28. The molecule has 2 amide bonds. The molecule has 2 N–H and O–H groups in total. The third-order valence-corrected chi connectivity index (χ3v) is 2.79. The Kier molecular flexibility index (Phi) is 4.40. The van der Waals surface area contributed by atoms with Crippen LogP contribution < -0.4 is 10.0 Å². The number of benzene rings is 1. The molecule has 3 nitrogen and oxygen atoms in total. The van der Waals surface area contributed by atoms with Gasteiger partial charge in [-0.15, -0.1) is 0 Å². The first-order valence-electron chi connectivity index (χ1n) is 3.80. The van der Waals surface area contributed by atoms with Gasteiger partial charge in [-0.25, -0.2) is 9.10 Å². The molecule has 0 fully saturated rings. The number of urea groups is 1. The van der Waals surface area contributed by atoms with Gasteiger partial charge in [0.15, 0.2) is 0 Å². The van der Waals surface area contributed by atoms with E-state index in [0.717, 1.165) is 16.3 Å². The summed E-state index contributed by atoms with van der Waals surface area (Å²) in [4.78, 5) is 11.1. The first kappa shape index (κ1) is 12.8. The van der Waals surface area contributed by atoms with Crippen LogP contribution in [0.1, 0.15) is 0 Å². The van der Waals surface area contributed by atoms with Crippen molar-refractivity contribution in [2.45, 2.75) is 3.12 Å². The minimum absolute atomic E-state index is 0.557. The van der Waals surface area contributed by atoms with Crippen LogP contribution in [0.4, 0.5) is 10.5 Å². The molecule has 82 valence electrons. The second-order valence-corrected chi connectivity index (χ2v) is 6.62. The Morgan fingerprint density at radius 1 is 1.27 bits per heavy atom. The van der Waals surface area contributed by atoms with E-state index < -0.39 is 9.16 Å². The summed E-state index contributed by atoms with van der Waals surface area (Å²) in [6, 6.07) is 8.00. The standard InChI is InChI=1S/C8H7Cl3N2OS/c9-8(10,11)15-13(7(12)14)6-4-2-1-3-5-6/h1-5H,(H2,12,14). The van der Waals surface area contributed by atoms with Gasteiger partial charge in [0.05, 0.1) is 5.69 Å². The third-order valence-electron chi connectivity index (χ3n) is 1.39. The van der Waals surface area contributed by atoms with Gasteiger partial charge >= 0.3 is 6.03 Å². The number of rotatable bonds is 2. The lowest BCUT2D eigenvalue weighted by molar-refractivity contribution is 0.257. The molecule has 0 aromatic heterocycles. The van der Waals surface area contributed by atoms with Crippen LogP contribution in [-0.4, -0.2) is 9.16 Å². The van der Waals surface area contributed by atoms with E-state index in [4.69, 9.17) is 40.5 Å². The van der Waals surface area contributed by atoms with Crippen molar-refractivity contribution >= 4 is 58.5 Å². The molecule has 15 heavy (non-hydrogen) atoms. The van der Waals surface area contributed by atoms with E-state index in [9.17, 15) is 4.79 Å². The molecule has 0 atom stereocenters. The first-order valence-corrected chi connectivity index (χ1v) is 5.71. The lowest BCUT2D eigenvalue weighted by atomic mass is 10.3. The highest BCUT2D eigenvalue weighted by Crippen LogP contribution is 2.42. The number of carbonyl (C=O) groups excluding carboxylic acids is 1. The molecule has 0 saturated carbocycles. The maximum Gasteiger partial charge on any atom is 0.329 e. The second kappa shape index (κ2) is 5.16. The predicted molar refractivity (Wildman–Crippen MR) is 66.4 cm³/mol. The van der Waals surface area contributed by atoms with Crippen LogP contribution in [0.25, 0.3) is 0 Å². The summed E-state index contributed by atoms with van der Waals surface area (Å²) in [5, 5.41) is 0. The Bertz CT molecular complexity index is 341. The molecular weight excluding hydrogens is 279 g/mol. The largest absolute Gasteiger partial charge is 0.350 e. The molecule has 0 spiro atoms. The average molecular weight is 286 g/mol. The fourth-order valence-corrected chi connectivity index (χ4v) is 2.04. The van der Waals surface area contributed by atoms with E-state index in [-0.39, 0.29) is 0 Å². The van der Waals surface area contributed by atoms with E-state index in [0.29, 0.717) is 5.69 Å². The van der Waals surface area contributed by atoms with Crippen molar-refractivity contribution in [3.8, 4) is 0 Å². The Balaban J connectivity index is 2.90. The molecule has 0 unspecified atom stereocenters. The molecule has 0 heterocycles. The van der Waals surface area contributed by atoms with Crippen LogP contribution in [-0.2, 0) is 0 Å². The van der Waals surface area contributed by atoms with E-state index >= 15 is 0 Å². The maximum absolute atomic E-state index is 11.1. The Labute approximate surface area is 107 Å². The van der Waals surface area contributed by atoms with Crippen LogP contribution in [0.2, 0.25) is 0 Å². The van der Waals surface area contributed by atoms with Gasteiger partial charge < -0.3 is 5.73 Å². The molecule has 1 aromatic rings. The number of para-hydroxylation sites is 1. The zero-order valence-corrected chi connectivity index (χ0v) is 10.4. The number of nitrogens with two attached hydrogens (primary N) is 1. The minimum Gasteiger partial charge on any atom is -0.350 e. The van der Waals surface area contributed by atoms with Gasteiger partial charge in [-0.1, -0.05) is 53.0 Å². The zero-order chi connectivity index (χ0) is 11.5. The normalized spacial score (nSPS) is 11.1. The molecule has 1 rings (SSSR count). The van der Waals surface area contributed by atoms with Crippen molar-refractivity contribution in [3.63, 3.8) is 0 Å². The van der Waals surface area contributed by atoms with Crippen molar-refractivity contribution in [2.75, 3.05) is 4.31 Å². The summed E-state index contributed by atoms with van der Waals surface area (Å²) in [7, 11) is 0. The van der Waals surface area contributed by atoms with Crippen LogP contribution in [0.15, 0.2) is 30.3 Å². The summed E-state index contributed by atoms with van der Waals surface area (Å²) < 4.78 is -0.516. The number of hydrogen-bond donors (Lipinski definition) is 1. The molecule has 0 saturated heterocycles. The van der Waals surface area contributed by atoms with Crippen LogP contribution in [0, 0.1) is 0 Å². The lowest BCUT2D eigenvalue weighted by Crippen LogP contribution is -2.31. The highest BCUT2D eigenvalue weighted by molar-refractivity contribution is 8.06. The second-order valence-electron chi connectivity index (χ2n) is 2.51. The number of primary amides is 1. The summed E-state index contributed by atoms with van der Waals surface area (Å²) in [5.74, 6) is 0. The summed E-state index contributed by atoms with van der Waals surface area (Å²) in [6.45, 7) is 0. The molecule has 0 radical (unpaired) electrons. The molecule has 0 bridgehead atoms. The van der Waals surface area contributed by atoms with Crippen molar-refractivity contribution in [2.24, 2.45) is 5.73 Å². The summed E-state index contributed by atoms with van der Waals surface area (Å²) in [5.41, 5.74) is 5.72. The number of carbonyl (C=O) groups is 1. The van der Waals surface area contributed by atoms with Gasteiger partial charge in [-0.3, -0.25) is 0 Å². The number of halogens is 3. The number of anilines is 1. The van der Waals surface area contributed by atoms with Gasteiger partial charge in [-0.2, -0.15) is 0 Å². The topological polar surface area (TPSA) is 46.3 Å². The Morgan fingerprint density at radius 2 is 1.80 bits per heavy atom. The van der Waals surface area contributed by atoms with E-state index in [1.165, 1.54) is 0 Å². The average Bonchev–Trinajstić information content (AvgIpc) is 2.14. The van der Waals surface area contributed by atoms with Crippen molar-refractivity contribution in [3.05, 3.63) is 30.3 Å². The minimum atomic E-state index is -1.63. The Hall–Kier alpha value is -0.290. The lowest BCUT2D eigenvalue weighted by Gasteiger charge is -2.22. The molecule has 7 heteroatoms. The van der Waals surface area contributed by atoms with Gasteiger partial charge in [0.2, 0.25) is 0 Å². The number of alkyl halides is 3. The molecule has 0 aliphatic heterocycles. The first-order chi connectivity index (χ1) is 6.90. The monoisotopic (exact) mass is 284 g/mol. The van der Waals surface area contributed by atoms with E-state index in [1.54, 1.807) is 24.3 Å². The SMILES string of the molecule is NC(=O)N(SC(Cl)(Cl)Cl)c1ccccc1. The number of amides is 2. The van der Waals surface area contributed by atoms with Crippen LogP contribution in [0.3, 0.4) is 0 Å². The van der Waals surface area contributed by atoms with Gasteiger partial charge in [-0.05, 0) is 12.1 Å². The third kappa shape index (κ3) is 4.38. The molecule has 1 aromatic carbocycles. The van der Waals surface area contributed by atoms with Gasteiger partial charge in [0.1, 0.15) is 0 Å². The number of hydrogen-bond acceptors (Lipinski definition) is 2. The van der Waals surface area contributed by atoms with Crippen LogP contribution in [0.5, 0.6) is 0 Å². The quantitative estimate of drug-likeness (QED) is 0.667. The smallest absolute Gasteiger partial charge is 0.329 e. The zero-order valence-electron chi connectivity index (χ0n) is 7.36. The Morgan fingerprint density at radius 3 is 2.20 bits per heavy atom.